The molecule has 0 aromatic carbocycles. The Kier molecular flexibility index (Phi) is 0.372. The van der Waals surface area contributed by atoms with Gasteiger partial charge in [0.25, 0.3) is 0 Å². The predicted octanol–water partition coefficient (Wildman–Crippen LogP) is 0.744. The van der Waals surface area contributed by atoms with Crippen LogP contribution in [-0.4, -0.2) is 6.04 Å². The van der Waals surface area contributed by atoms with Crippen molar-refractivity contribution in [2.24, 2.45) is 23.0 Å². The van der Waals surface area contributed by atoms with Gasteiger partial charge >= 0.3 is 0 Å². The van der Waals surface area contributed by atoms with Crippen LogP contribution in [0.25, 0.3) is 0 Å². The molecule has 3 fully saturated rings. The van der Waals surface area contributed by atoms with Crippen LogP contribution in [0.3, 0.4) is 0 Å². The monoisotopic (exact) mass is 109 g/mol. The average molecular weight is 109 g/mol. The first-order valence-corrected chi connectivity index (χ1v) is 3.58. The van der Waals surface area contributed by atoms with Gasteiger partial charge in [0.2, 0.25) is 0 Å². The van der Waals surface area contributed by atoms with Crippen molar-refractivity contribution in [3.05, 3.63) is 0 Å². The molecule has 0 aromatic heterocycles. The summed E-state index contributed by atoms with van der Waals surface area (Å²) in [5.74, 6) is 2.06. The van der Waals surface area contributed by atoms with E-state index in [-0.39, 0.29) is 0 Å². The Bertz CT molecular complexity index is 154. The molecule has 3 aliphatic carbocycles. The molecule has 0 aliphatic heterocycles. The van der Waals surface area contributed by atoms with Crippen molar-refractivity contribution in [2.45, 2.75) is 25.3 Å². The number of hydrogen-bond acceptors (Lipinski definition) is 1. The molecule has 3 saturated carbocycles. The zero-order chi connectivity index (χ0) is 5.35. The van der Waals surface area contributed by atoms with Crippen molar-refractivity contribution >= 4 is 0 Å². The molecular weight excluding hydrogens is 98.1 g/mol. The van der Waals surface area contributed by atoms with Gasteiger partial charge in [-0.1, -0.05) is 0 Å². The molecule has 1 nitrogen and oxygen atoms in total. The maximum absolute atomic E-state index is 5.84. The summed E-state index contributed by atoms with van der Waals surface area (Å²) < 4.78 is 0. The van der Waals surface area contributed by atoms with Crippen LogP contribution < -0.4 is 5.73 Å². The highest BCUT2D eigenvalue weighted by molar-refractivity contribution is 5.26. The summed E-state index contributed by atoms with van der Waals surface area (Å²) >= 11 is 0. The molecule has 0 radical (unpaired) electrons. The largest absolute Gasteiger partial charge is 0.327 e. The Hall–Kier alpha value is -0.0400. The van der Waals surface area contributed by atoms with E-state index in [2.05, 4.69) is 0 Å². The molecule has 3 rings (SSSR count). The van der Waals surface area contributed by atoms with Crippen LogP contribution in [0.5, 0.6) is 0 Å². The first-order valence-electron chi connectivity index (χ1n) is 3.58. The lowest BCUT2D eigenvalue weighted by atomic mass is 10.1. The normalized spacial score (nSPS) is 73.9. The van der Waals surface area contributed by atoms with Crippen molar-refractivity contribution < 1.29 is 0 Å². The Morgan fingerprint density at radius 2 is 2.25 bits per heavy atom. The molecule has 44 valence electrons. The summed E-state index contributed by atoms with van der Waals surface area (Å²) in [5.41, 5.74) is 6.71. The third-order valence-electron chi connectivity index (χ3n) is 3.53. The van der Waals surface area contributed by atoms with E-state index >= 15 is 0 Å². The van der Waals surface area contributed by atoms with Crippen molar-refractivity contribution in [2.75, 3.05) is 0 Å². The first kappa shape index (κ1) is 3.89. The standard InChI is InChI=1S/C7H11N/c8-6-1-4-2-7(4)3-5(6)7/h4-6H,1-3,8H2. The van der Waals surface area contributed by atoms with Gasteiger partial charge < -0.3 is 5.73 Å². The van der Waals surface area contributed by atoms with Gasteiger partial charge in [-0.25, -0.2) is 0 Å². The molecule has 0 amide bonds. The highest BCUT2D eigenvalue weighted by Crippen LogP contribution is 2.81. The molecule has 0 heterocycles. The first-order chi connectivity index (χ1) is 3.83. The van der Waals surface area contributed by atoms with E-state index in [1.807, 2.05) is 0 Å². The van der Waals surface area contributed by atoms with E-state index in [0.29, 0.717) is 6.04 Å². The molecule has 0 bridgehead atoms. The van der Waals surface area contributed by atoms with Crippen LogP contribution in [0.15, 0.2) is 0 Å². The minimum absolute atomic E-state index is 0.605. The fourth-order valence-electron chi connectivity index (χ4n) is 2.84. The minimum atomic E-state index is 0.605. The van der Waals surface area contributed by atoms with Crippen molar-refractivity contribution in [3.8, 4) is 0 Å². The summed E-state index contributed by atoms with van der Waals surface area (Å²) in [6, 6.07) is 0.605. The van der Waals surface area contributed by atoms with Crippen LogP contribution in [-0.2, 0) is 0 Å². The molecule has 3 aliphatic rings. The van der Waals surface area contributed by atoms with E-state index in [1.165, 1.54) is 19.3 Å². The van der Waals surface area contributed by atoms with Crippen LogP contribution in [0.4, 0.5) is 0 Å². The molecular formula is C7H11N. The van der Waals surface area contributed by atoms with Gasteiger partial charge in [0.15, 0.2) is 0 Å². The second-order valence-corrected chi connectivity index (χ2v) is 3.84. The lowest BCUT2D eigenvalue weighted by molar-refractivity contribution is 0.564. The molecule has 2 N–H and O–H groups in total. The SMILES string of the molecule is NC1CC2CC23CC13. The summed E-state index contributed by atoms with van der Waals surface area (Å²) in [4.78, 5) is 0. The number of nitrogens with two attached hydrogens (primary N) is 1. The molecule has 0 saturated heterocycles. The van der Waals surface area contributed by atoms with E-state index in [4.69, 9.17) is 5.73 Å². The lowest BCUT2D eigenvalue weighted by Gasteiger charge is -2.02. The zero-order valence-electron chi connectivity index (χ0n) is 4.93. The van der Waals surface area contributed by atoms with Gasteiger partial charge in [-0.05, 0) is 36.5 Å². The van der Waals surface area contributed by atoms with Crippen molar-refractivity contribution in [1.82, 2.24) is 0 Å². The molecule has 4 unspecified atom stereocenters. The fraction of sp³-hybridized carbons (Fsp3) is 1.00. The highest BCUT2D eigenvalue weighted by Gasteiger charge is 2.75. The van der Waals surface area contributed by atoms with Crippen molar-refractivity contribution in [3.63, 3.8) is 0 Å². The Morgan fingerprint density at radius 3 is 2.50 bits per heavy atom. The van der Waals surface area contributed by atoms with E-state index in [1.54, 1.807) is 0 Å². The van der Waals surface area contributed by atoms with Crippen LogP contribution in [0.1, 0.15) is 19.3 Å². The smallest absolute Gasteiger partial charge is 0.00756 e. The zero-order valence-corrected chi connectivity index (χ0v) is 4.93. The second-order valence-electron chi connectivity index (χ2n) is 3.84. The molecule has 8 heavy (non-hydrogen) atoms. The molecule has 1 spiro atoms. The van der Waals surface area contributed by atoms with Crippen LogP contribution >= 0.6 is 0 Å². The van der Waals surface area contributed by atoms with Crippen molar-refractivity contribution in [1.29, 1.82) is 0 Å². The Balaban J connectivity index is 2.02. The van der Waals surface area contributed by atoms with Gasteiger partial charge in [0.05, 0.1) is 0 Å². The molecule has 0 aromatic rings. The lowest BCUT2D eigenvalue weighted by Crippen LogP contribution is -2.20. The maximum Gasteiger partial charge on any atom is 0.00756 e. The van der Waals surface area contributed by atoms with Gasteiger partial charge in [-0.3, -0.25) is 0 Å². The summed E-state index contributed by atoms with van der Waals surface area (Å²) in [7, 11) is 0. The maximum atomic E-state index is 5.84. The predicted molar refractivity (Wildman–Crippen MR) is 31.2 cm³/mol. The van der Waals surface area contributed by atoms with Crippen LogP contribution in [0, 0.1) is 17.3 Å². The van der Waals surface area contributed by atoms with Gasteiger partial charge in [0, 0.05) is 6.04 Å². The summed E-state index contributed by atoms with van der Waals surface area (Å²) in [5, 5.41) is 0. The third kappa shape index (κ3) is 0.218. The molecule has 1 heteroatoms. The van der Waals surface area contributed by atoms with E-state index in [9.17, 15) is 0 Å². The van der Waals surface area contributed by atoms with E-state index < -0.39 is 0 Å². The minimum Gasteiger partial charge on any atom is -0.327 e. The number of rotatable bonds is 0. The van der Waals surface area contributed by atoms with Crippen LogP contribution in [0.2, 0.25) is 0 Å². The fourth-order valence-corrected chi connectivity index (χ4v) is 2.84. The topological polar surface area (TPSA) is 26.0 Å². The van der Waals surface area contributed by atoms with Gasteiger partial charge in [0.1, 0.15) is 0 Å². The summed E-state index contributed by atoms with van der Waals surface area (Å²) in [6.07, 6.45) is 4.37. The van der Waals surface area contributed by atoms with E-state index in [0.717, 1.165) is 17.3 Å². The quantitative estimate of drug-likeness (QED) is 0.488. The Labute approximate surface area is 49.3 Å². The average Bonchev–Trinajstić information content (AvgIpc) is 2.51. The van der Waals surface area contributed by atoms with Gasteiger partial charge in [-0.2, -0.15) is 0 Å². The third-order valence-corrected chi connectivity index (χ3v) is 3.53. The second kappa shape index (κ2) is 0.766. The highest BCUT2D eigenvalue weighted by atomic mass is 14.9. The summed E-state index contributed by atoms with van der Waals surface area (Å²) in [6.45, 7) is 0. The number of hydrogen-bond donors (Lipinski definition) is 1. The Morgan fingerprint density at radius 1 is 1.38 bits per heavy atom. The van der Waals surface area contributed by atoms with Gasteiger partial charge in [-0.15, -0.1) is 0 Å². The molecule has 4 atom stereocenters.